The minimum Gasteiger partial charge on any atom is -0.497 e. The minimum atomic E-state index is 0.651. The zero-order chi connectivity index (χ0) is 10.7. The van der Waals surface area contributed by atoms with Crippen molar-refractivity contribution in [2.45, 2.75) is 25.3 Å². The fraction of sp³-hybridized carbons (Fsp3) is 0.538. The van der Waals surface area contributed by atoms with E-state index in [-0.39, 0.29) is 0 Å². The lowest BCUT2D eigenvalue weighted by Gasteiger charge is -2.15. The van der Waals surface area contributed by atoms with Crippen LogP contribution in [0.25, 0.3) is 0 Å². The van der Waals surface area contributed by atoms with Crippen molar-refractivity contribution >= 4 is 0 Å². The molecular formula is C13H19NO. The number of likely N-dealkylation sites (N-methyl/N-ethyl adjacent to an activating group) is 1. The molecule has 1 fully saturated rings. The van der Waals surface area contributed by atoms with Gasteiger partial charge in [0.15, 0.2) is 0 Å². The Hall–Kier alpha value is -1.02. The summed E-state index contributed by atoms with van der Waals surface area (Å²) in [4.78, 5) is 0. The first-order chi connectivity index (χ1) is 7.33. The molecular weight excluding hydrogens is 186 g/mol. The molecule has 2 nitrogen and oxygen atoms in total. The van der Waals surface area contributed by atoms with Crippen LogP contribution in [-0.2, 0) is 6.42 Å². The zero-order valence-corrected chi connectivity index (χ0v) is 9.49. The van der Waals surface area contributed by atoms with Crippen molar-refractivity contribution in [3.05, 3.63) is 29.8 Å². The Morgan fingerprint density at radius 2 is 2.00 bits per heavy atom. The summed E-state index contributed by atoms with van der Waals surface area (Å²) < 4.78 is 5.14. The third-order valence-corrected chi connectivity index (χ3v) is 3.18. The molecule has 1 aliphatic rings. The standard InChI is InChI=1S/C13H19NO/c1-14-13(11-5-6-11)9-10-3-7-12(15-2)8-4-10/h3-4,7-8,11,13-14H,5-6,9H2,1-2H3. The number of ether oxygens (including phenoxy) is 1. The Morgan fingerprint density at radius 3 is 2.47 bits per heavy atom. The Morgan fingerprint density at radius 1 is 1.33 bits per heavy atom. The van der Waals surface area contributed by atoms with E-state index in [2.05, 4.69) is 24.5 Å². The van der Waals surface area contributed by atoms with Crippen LogP contribution in [0.4, 0.5) is 0 Å². The lowest BCUT2D eigenvalue weighted by molar-refractivity contribution is 0.414. The first-order valence-electron chi connectivity index (χ1n) is 5.63. The van der Waals surface area contributed by atoms with Crippen LogP contribution >= 0.6 is 0 Å². The molecule has 0 amide bonds. The minimum absolute atomic E-state index is 0.651. The average Bonchev–Trinajstić information content (AvgIpc) is 3.10. The number of rotatable bonds is 5. The fourth-order valence-electron chi connectivity index (χ4n) is 2.02. The van der Waals surface area contributed by atoms with Crippen molar-refractivity contribution in [2.24, 2.45) is 5.92 Å². The highest BCUT2D eigenvalue weighted by Gasteiger charge is 2.29. The topological polar surface area (TPSA) is 21.3 Å². The summed E-state index contributed by atoms with van der Waals surface area (Å²) in [5.41, 5.74) is 1.39. The summed E-state index contributed by atoms with van der Waals surface area (Å²) in [6.45, 7) is 0. The average molecular weight is 205 g/mol. The van der Waals surface area contributed by atoms with Gasteiger partial charge in [-0.15, -0.1) is 0 Å². The highest BCUT2D eigenvalue weighted by atomic mass is 16.5. The molecule has 1 unspecified atom stereocenters. The number of methoxy groups -OCH3 is 1. The van der Waals surface area contributed by atoms with Crippen LogP contribution in [0, 0.1) is 5.92 Å². The second-order valence-corrected chi connectivity index (χ2v) is 4.28. The Balaban J connectivity index is 1.96. The molecule has 1 aliphatic carbocycles. The lowest BCUT2D eigenvalue weighted by Crippen LogP contribution is -2.29. The van der Waals surface area contributed by atoms with E-state index in [0.717, 1.165) is 18.1 Å². The number of nitrogens with one attached hydrogen (secondary N) is 1. The Labute approximate surface area is 91.6 Å². The van der Waals surface area contributed by atoms with E-state index in [4.69, 9.17) is 4.74 Å². The molecule has 2 rings (SSSR count). The maximum absolute atomic E-state index is 5.14. The molecule has 0 spiro atoms. The summed E-state index contributed by atoms with van der Waals surface area (Å²) in [6.07, 6.45) is 3.91. The monoisotopic (exact) mass is 205 g/mol. The maximum Gasteiger partial charge on any atom is 0.118 e. The number of hydrogen-bond donors (Lipinski definition) is 1. The van der Waals surface area contributed by atoms with Gasteiger partial charge in [0.05, 0.1) is 7.11 Å². The van der Waals surface area contributed by atoms with Gasteiger partial charge in [0.2, 0.25) is 0 Å². The van der Waals surface area contributed by atoms with Gasteiger partial charge in [-0.2, -0.15) is 0 Å². The summed E-state index contributed by atoms with van der Waals surface area (Å²) in [5, 5.41) is 3.41. The summed E-state index contributed by atoms with van der Waals surface area (Å²) >= 11 is 0. The van der Waals surface area contributed by atoms with Gasteiger partial charge >= 0.3 is 0 Å². The SMILES string of the molecule is CNC(Cc1ccc(OC)cc1)C1CC1. The molecule has 0 aromatic heterocycles. The summed E-state index contributed by atoms with van der Waals surface area (Å²) in [7, 11) is 3.77. The zero-order valence-electron chi connectivity index (χ0n) is 9.49. The van der Waals surface area contributed by atoms with Crippen LogP contribution in [0.15, 0.2) is 24.3 Å². The van der Waals surface area contributed by atoms with Gasteiger partial charge in [-0.3, -0.25) is 0 Å². The third-order valence-electron chi connectivity index (χ3n) is 3.18. The first-order valence-corrected chi connectivity index (χ1v) is 5.63. The van der Waals surface area contributed by atoms with E-state index in [1.54, 1.807) is 7.11 Å². The molecule has 0 saturated heterocycles. The highest BCUT2D eigenvalue weighted by molar-refractivity contribution is 5.27. The molecule has 1 aromatic rings. The quantitative estimate of drug-likeness (QED) is 0.796. The van der Waals surface area contributed by atoms with Crippen molar-refractivity contribution in [2.75, 3.05) is 14.2 Å². The van der Waals surface area contributed by atoms with Gasteiger partial charge in [-0.25, -0.2) is 0 Å². The van der Waals surface area contributed by atoms with Crippen LogP contribution in [-0.4, -0.2) is 20.2 Å². The van der Waals surface area contributed by atoms with Gasteiger partial charge in [-0.05, 0) is 49.9 Å². The van der Waals surface area contributed by atoms with E-state index in [0.29, 0.717) is 6.04 Å². The molecule has 82 valence electrons. The van der Waals surface area contributed by atoms with E-state index < -0.39 is 0 Å². The molecule has 1 saturated carbocycles. The highest BCUT2D eigenvalue weighted by Crippen LogP contribution is 2.34. The second-order valence-electron chi connectivity index (χ2n) is 4.28. The van der Waals surface area contributed by atoms with E-state index in [1.165, 1.54) is 18.4 Å². The van der Waals surface area contributed by atoms with Gasteiger partial charge in [-0.1, -0.05) is 12.1 Å². The molecule has 0 bridgehead atoms. The van der Waals surface area contributed by atoms with Crippen LogP contribution in [0.5, 0.6) is 5.75 Å². The number of hydrogen-bond acceptors (Lipinski definition) is 2. The molecule has 1 aromatic carbocycles. The van der Waals surface area contributed by atoms with Crippen molar-refractivity contribution in [1.82, 2.24) is 5.32 Å². The molecule has 0 heterocycles. The summed E-state index contributed by atoms with van der Waals surface area (Å²) in [5.74, 6) is 1.84. The number of benzene rings is 1. The van der Waals surface area contributed by atoms with Crippen molar-refractivity contribution in [1.29, 1.82) is 0 Å². The third kappa shape index (κ3) is 2.72. The fourth-order valence-corrected chi connectivity index (χ4v) is 2.02. The molecule has 1 N–H and O–H groups in total. The second kappa shape index (κ2) is 4.67. The lowest BCUT2D eigenvalue weighted by atomic mass is 10.0. The van der Waals surface area contributed by atoms with Crippen LogP contribution in [0.2, 0.25) is 0 Å². The van der Waals surface area contributed by atoms with Gasteiger partial charge in [0, 0.05) is 6.04 Å². The van der Waals surface area contributed by atoms with Crippen LogP contribution in [0.3, 0.4) is 0 Å². The summed E-state index contributed by atoms with van der Waals surface area (Å²) in [6, 6.07) is 9.04. The Bertz CT molecular complexity index is 303. The molecule has 15 heavy (non-hydrogen) atoms. The van der Waals surface area contributed by atoms with Crippen molar-refractivity contribution in [3.8, 4) is 5.75 Å². The van der Waals surface area contributed by atoms with E-state index in [1.807, 2.05) is 12.1 Å². The van der Waals surface area contributed by atoms with Crippen molar-refractivity contribution < 1.29 is 4.74 Å². The predicted molar refractivity (Wildman–Crippen MR) is 62.3 cm³/mol. The van der Waals surface area contributed by atoms with Gasteiger partial charge in [0.1, 0.15) is 5.75 Å². The Kier molecular flexibility index (Phi) is 3.27. The molecule has 2 heteroatoms. The molecule has 0 radical (unpaired) electrons. The molecule has 1 atom stereocenters. The normalized spacial score (nSPS) is 17.5. The van der Waals surface area contributed by atoms with Gasteiger partial charge in [0.25, 0.3) is 0 Å². The maximum atomic E-state index is 5.14. The van der Waals surface area contributed by atoms with E-state index in [9.17, 15) is 0 Å². The smallest absolute Gasteiger partial charge is 0.118 e. The predicted octanol–water partition coefficient (Wildman–Crippen LogP) is 2.24. The first kappa shape index (κ1) is 10.5. The largest absolute Gasteiger partial charge is 0.497 e. The van der Waals surface area contributed by atoms with Crippen LogP contribution < -0.4 is 10.1 Å². The molecule has 0 aliphatic heterocycles. The van der Waals surface area contributed by atoms with Crippen molar-refractivity contribution in [3.63, 3.8) is 0 Å². The van der Waals surface area contributed by atoms with Crippen LogP contribution in [0.1, 0.15) is 18.4 Å². The van der Waals surface area contributed by atoms with E-state index >= 15 is 0 Å². The van der Waals surface area contributed by atoms with Gasteiger partial charge < -0.3 is 10.1 Å².